The molecule has 0 aliphatic rings. The van der Waals surface area contributed by atoms with E-state index in [4.69, 9.17) is 0 Å². The molecule has 1 aromatic carbocycles. The van der Waals surface area contributed by atoms with E-state index in [2.05, 4.69) is 10.1 Å². The summed E-state index contributed by atoms with van der Waals surface area (Å²) < 4.78 is 15.0. The summed E-state index contributed by atoms with van der Waals surface area (Å²) >= 11 is 0. The fourth-order valence-electron chi connectivity index (χ4n) is 3.03. The van der Waals surface area contributed by atoms with Crippen molar-refractivity contribution < 1.29 is 9.18 Å². The lowest BCUT2D eigenvalue weighted by Gasteiger charge is -2.26. The summed E-state index contributed by atoms with van der Waals surface area (Å²) in [5.41, 5.74) is 2.94. The number of aryl methyl sites for hydroxylation is 1. The third-order valence-corrected chi connectivity index (χ3v) is 4.67. The van der Waals surface area contributed by atoms with Crippen molar-refractivity contribution in [3.8, 4) is 0 Å². The van der Waals surface area contributed by atoms with Gasteiger partial charge < -0.3 is 4.90 Å². The van der Waals surface area contributed by atoms with E-state index in [-0.39, 0.29) is 23.8 Å². The number of rotatable bonds is 4. The van der Waals surface area contributed by atoms with Crippen LogP contribution in [0.4, 0.5) is 4.39 Å². The second-order valence-electron chi connectivity index (χ2n) is 6.87. The van der Waals surface area contributed by atoms with Gasteiger partial charge in [-0.3, -0.25) is 4.79 Å². The molecule has 136 valence electrons. The lowest BCUT2D eigenvalue weighted by atomic mass is 10.1. The van der Waals surface area contributed by atoms with E-state index < -0.39 is 0 Å². The van der Waals surface area contributed by atoms with Gasteiger partial charge in [0.05, 0.1) is 23.2 Å². The van der Waals surface area contributed by atoms with Crippen LogP contribution in [0.1, 0.15) is 54.5 Å². The normalized spacial score (nSPS) is 12.6. The van der Waals surface area contributed by atoms with Gasteiger partial charge in [-0.05, 0) is 51.5 Å². The number of amides is 1. The minimum atomic E-state index is -0.289. The van der Waals surface area contributed by atoms with E-state index in [1.165, 1.54) is 12.1 Å². The summed E-state index contributed by atoms with van der Waals surface area (Å²) in [6, 6.07) is 7.98. The smallest absolute Gasteiger partial charge is 0.254 e. The van der Waals surface area contributed by atoms with E-state index in [1.54, 1.807) is 36.3 Å². The first-order valence-corrected chi connectivity index (χ1v) is 8.67. The molecular weight excluding hydrogens is 331 g/mol. The quantitative estimate of drug-likeness (QED) is 0.702. The maximum atomic E-state index is 13.2. The molecule has 0 fully saturated rings. The van der Waals surface area contributed by atoms with Gasteiger partial charge in [0.1, 0.15) is 5.82 Å². The van der Waals surface area contributed by atoms with Crippen LogP contribution in [0.25, 0.3) is 11.0 Å². The Morgan fingerprint density at radius 3 is 2.46 bits per heavy atom. The Labute approximate surface area is 152 Å². The Bertz CT molecular complexity index is 946. The molecular formula is C20H23FN4O. The molecule has 0 bridgehead atoms. The second-order valence-corrected chi connectivity index (χ2v) is 6.87. The SMILES string of the molecule is Cc1cc(C(=O)N(C)C(C)c2ccc(F)cc2)c2cnn(C(C)C)c2n1. The zero-order chi connectivity index (χ0) is 19.0. The summed E-state index contributed by atoms with van der Waals surface area (Å²) in [6.07, 6.45) is 1.70. The summed E-state index contributed by atoms with van der Waals surface area (Å²) in [4.78, 5) is 19.4. The van der Waals surface area contributed by atoms with Gasteiger partial charge in [0, 0.05) is 18.8 Å². The highest BCUT2D eigenvalue weighted by Crippen LogP contribution is 2.26. The zero-order valence-corrected chi connectivity index (χ0v) is 15.7. The summed E-state index contributed by atoms with van der Waals surface area (Å²) in [6.45, 7) is 7.85. The van der Waals surface area contributed by atoms with Crippen molar-refractivity contribution in [2.45, 2.75) is 39.8 Å². The fraction of sp³-hybridized carbons (Fsp3) is 0.350. The molecule has 2 heterocycles. The molecule has 1 unspecified atom stereocenters. The number of hydrogen-bond acceptors (Lipinski definition) is 3. The van der Waals surface area contributed by atoms with Crippen LogP contribution in [0.3, 0.4) is 0 Å². The lowest BCUT2D eigenvalue weighted by Crippen LogP contribution is -2.30. The number of halogens is 1. The number of carbonyl (C=O) groups excluding carboxylic acids is 1. The molecule has 2 aromatic heterocycles. The van der Waals surface area contributed by atoms with Crippen LogP contribution in [0.5, 0.6) is 0 Å². The number of nitrogens with zero attached hydrogens (tertiary/aromatic N) is 4. The van der Waals surface area contributed by atoms with Gasteiger partial charge in [-0.1, -0.05) is 12.1 Å². The number of aromatic nitrogens is 3. The monoisotopic (exact) mass is 354 g/mol. The molecule has 0 radical (unpaired) electrons. The first kappa shape index (κ1) is 18.0. The Hall–Kier alpha value is -2.76. The van der Waals surface area contributed by atoms with Crippen molar-refractivity contribution in [1.29, 1.82) is 0 Å². The first-order valence-electron chi connectivity index (χ1n) is 8.67. The first-order chi connectivity index (χ1) is 12.3. The molecule has 1 atom stereocenters. The lowest BCUT2D eigenvalue weighted by molar-refractivity contribution is 0.0744. The standard InChI is InChI=1S/C20H23FN4O/c1-12(2)25-19-18(11-22-25)17(10-13(3)23-19)20(26)24(5)14(4)15-6-8-16(21)9-7-15/h6-12,14H,1-5H3. The number of carbonyl (C=O) groups is 1. The van der Waals surface area contributed by atoms with Crippen LogP contribution in [-0.4, -0.2) is 32.6 Å². The van der Waals surface area contributed by atoms with Crippen LogP contribution < -0.4 is 0 Å². The Morgan fingerprint density at radius 1 is 1.19 bits per heavy atom. The maximum absolute atomic E-state index is 13.2. The van der Waals surface area contributed by atoms with E-state index in [1.807, 2.05) is 32.4 Å². The highest BCUT2D eigenvalue weighted by Gasteiger charge is 2.23. The highest BCUT2D eigenvalue weighted by molar-refractivity contribution is 6.05. The summed E-state index contributed by atoms with van der Waals surface area (Å²) in [7, 11) is 1.75. The van der Waals surface area contributed by atoms with Crippen LogP contribution in [0.15, 0.2) is 36.5 Å². The molecule has 26 heavy (non-hydrogen) atoms. The fourth-order valence-corrected chi connectivity index (χ4v) is 3.03. The number of pyridine rings is 1. The van der Waals surface area contributed by atoms with Crippen molar-refractivity contribution in [2.75, 3.05) is 7.05 Å². The molecule has 0 saturated carbocycles. The largest absolute Gasteiger partial charge is 0.335 e. The number of hydrogen-bond donors (Lipinski definition) is 0. The second kappa shape index (κ2) is 6.86. The molecule has 0 N–H and O–H groups in total. The van der Waals surface area contributed by atoms with Crippen molar-refractivity contribution in [2.24, 2.45) is 0 Å². The van der Waals surface area contributed by atoms with E-state index in [9.17, 15) is 9.18 Å². The number of benzene rings is 1. The van der Waals surface area contributed by atoms with Crippen molar-refractivity contribution >= 4 is 16.9 Å². The number of fused-ring (bicyclic) bond motifs is 1. The van der Waals surface area contributed by atoms with E-state index in [0.29, 0.717) is 11.2 Å². The maximum Gasteiger partial charge on any atom is 0.254 e. The van der Waals surface area contributed by atoms with E-state index >= 15 is 0 Å². The predicted octanol–water partition coefficient (Wildman–Crippen LogP) is 4.29. The Balaban J connectivity index is 2.00. The van der Waals surface area contributed by atoms with Gasteiger partial charge in [0.15, 0.2) is 5.65 Å². The van der Waals surface area contributed by atoms with Crippen LogP contribution in [-0.2, 0) is 0 Å². The van der Waals surface area contributed by atoms with Crippen LogP contribution in [0, 0.1) is 12.7 Å². The molecule has 3 aromatic rings. The van der Waals surface area contributed by atoms with E-state index in [0.717, 1.165) is 16.6 Å². The summed E-state index contributed by atoms with van der Waals surface area (Å²) in [5, 5.41) is 5.14. The molecule has 6 heteroatoms. The van der Waals surface area contributed by atoms with Crippen LogP contribution in [0.2, 0.25) is 0 Å². The predicted molar refractivity (Wildman–Crippen MR) is 99.6 cm³/mol. The molecule has 0 aliphatic carbocycles. The molecule has 0 aliphatic heterocycles. The topological polar surface area (TPSA) is 51.0 Å². The van der Waals surface area contributed by atoms with Crippen molar-refractivity contribution in [3.63, 3.8) is 0 Å². The van der Waals surface area contributed by atoms with Gasteiger partial charge in [-0.2, -0.15) is 5.10 Å². The molecule has 0 spiro atoms. The van der Waals surface area contributed by atoms with Gasteiger partial charge in [0.2, 0.25) is 0 Å². The van der Waals surface area contributed by atoms with Gasteiger partial charge in [-0.25, -0.2) is 14.1 Å². The van der Waals surface area contributed by atoms with Crippen LogP contribution >= 0.6 is 0 Å². The zero-order valence-electron chi connectivity index (χ0n) is 15.7. The van der Waals surface area contributed by atoms with Gasteiger partial charge in [-0.15, -0.1) is 0 Å². The Morgan fingerprint density at radius 2 is 1.85 bits per heavy atom. The van der Waals surface area contributed by atoms with Gasteiger partial charge in [0.25, 0.3) is 5.91 Å². The molecule has 0 saturated heterocycles. The Kier molecular flexibility index (Phi) is 4.76. The van der Waals surface area contributed by atoms with Gasteiger partial charge >= 0.3 is 0 Å². The third kappa shape index (κ3) is 3.19. The average molecular weight is 354 g/mol. The summed E-state index contributed by atoms with van der Waals surface area (Å²) in [5.74, 6) is -0.400. The molecule has 3 rings (SSSR count). The minimum absolute atomic E-state index is 0.111. The molecule has 1 amide bonds. The third-order valence-electron chi connectivity index (χ3n) is 4.67. The highest BCUT2D eigenvalue weighted by atomic mass is 19.1. The van der Waals surface area contributed by atoms with Crippen molar-refractivity contribution in [3.05, 3.63) is 59.2 Å². The van der Waals surface area contributed by atoms with Crippen molar-refractivity contribution in [1.82, 2.24) is 19.7 Å². The molecule has 5 nitrogen and oxygen atoms in total. The average Bonchev–Trinajstić information content (AvgIpc) is 3.03. The minimum Gasteiger partial charge on any atom is -0.335 e.